The minimum atomic E-state index is -0.507. The predicted octanol–water partition coefficient (Wildman–Crippen LogP) is 2.26. The summed E-state index contributed by atoms with van der Waals surface area (Å²) in [6, 6.07) is -0.0538. The summed E-state index contributed by atoms with van der Waals surface area (Å²) >= 11 is 0. The van der Waals surface area contributed by atoms with Crippen LogP contribution in [-0.4, -0.2) is 30.4 Å². The van der Waals surface area contributed by atoms with Gasteiger partial charge in [-0.15, -0.1) is 0 Å². The lowest BCUT2D eigenvalue weighted by molar-refractivity contribution is 0.0488. The molecule has 0 radical (unpaired) electrons. The summed E-state index contributed by atoms with van der Waals surface area (Å²) < 4.78 is 5.17. The van der Waals surface area contributed by atoms with Gasteiger partial charge in [0.25, 0.3) is 0 Å². The number of amides is 1. The first kappa shape index (κ1) is 15.7. The monoisotopic (exact) mass is 242 g/mol. The van der Waals surface area contributed by atoms with E-state index in [1.807, 2.05) is 34.6 Å². The van der Waals surface area contributed by atoms with E-state index in [4.69, 9.17) is 4.74 Å². The highest BCUT2D eigenvalue weighted by Crippen LogP contribution is 2.10. The zero-order valence-electron chi connectivity index (χ0n) is 11.2. The molecule has 0 rings (SSSR count). The molecule has 1 N–H and O–H groups in total. The largest absolute Gasteiger partial charge is 0.444 e. The molecule has 0 aromatic heterocycles. The summed E-state index contributed by atoms with van der Waals surface area (Å²) in [5.41, 5.74) is -0.507. The van der Waals surface area contributed by atoms with Gasteiger partial charge < -0.3 is 10.1 Å². The van der Waals surface area contributed by atoms with Crippen molar-refractivity contribution in [3.8, 4) is 0 Å². The van der Waals surface area contributed by atoms with Crippen LogP contribution in [0.3, 0.4) is 0 Å². The molecular formula is C12H22N2O3. The van der Waals surface area contributed by atoms with Gasteiger partial charge in [-0.25, -0.2) is 14.6 Å². The second-order valence-corrected chi connectivity index (χ2v) is 5.26. The highest BCUT2D eigenvalue weighted by atomic mass is 16.6. The fourth-order valence-electron chi connectivity index (χ4n) is 1.28. The molecule has 0 heterocycles. The van der Waals surface area contributed by atoms with E-state index in [0.717, 1.165) is 0 Å². The van der Waals surface area contributed by atoms with Crippen molar-refractivity contribution < 1.29 is 14.3 Å². The molecule has 0 fully saturated rings. The minimum Gasteiger partial charge on any atom is -0.444 e. The Morgan fingerprint density at radius 1 is 1.41 bits per heavy atom. The van der Waals surface area contributed by atoms with Gasteiger partial charge in [-0.2, -0.15) is 0 Å². The van der Waals surface area contributed by atoms with Crippen molar-refractivity contribution in [3.63, 3.8) is 0 Å². The van der Waals surface area contributed by atoms with E-state index in [1.165, 1.54) is 6.08 Å². The molecule has 5 heteroatoms. The maximum atomic E-state index is 11.6. The lowest BCUT2D eigenvalue weighted by atomic mass is 10.0. The number of carbonyl (C=O) groups excluding carboxylic acids is 2. The van der Waals surface area contributed by atoms with Crippen LogP contribution in [0, 0.1) is 5.92 Å². The number of ether oxygens (including phenoxy) is 1. The molecule has 0 aliphatic rings. The summed E-state index contributed by atoms with van der Waals surface area (Å²) in [5, 5.41) is 2.78. The van der Waals surface area contributed by atoms with Crippen LogP contribution in [0.15, 0.2) is 4.99 Å². The molecule has 0 aromatic carbocycles. The lowest BCUT2D eigenvalue weighted by Crippen LogP contribution is -2.42. The molecule has 98 valence electrons. The quantitative estimate of drug-likeness (QED) is 0.594. The Hall–Kier alpha value is -1.35. The summed E-state index contributed by atoms with van der Waals surface area (Å²) in [4.78, 5) is 25.0. The summed E-state index contributed by atoms with van der Waals surface area (Å²) in [7, 11) is 0. The highest BCUT2D eigenvalue weighted by Gasteiger charge is 2.20. The van der Waals surface area contributed by atoms with Crippen molar-refractivity contribution in [1.82, 2.24) is 5.32 Å². The van der Waals surface area contributed by atoms with Gasteiger partial charge >= 0.3 is 6.09 Å². The van der Waals surface area contributed by atoms with Gasteiger partial charge in [-0.1, -0.05) is 13.8 Å². The van der Waals surface area contributed by atoms with Gasteiger partial charge in [0.1, 0.15) is 5.60 Å². The van der Waals surface area contributed by atoms with Crippen LogP contribution >= 0.6 is 0 Å². The van der Waals surface area contributed by atoms with E-state index in [0.29, 0.717) is 13.0 Å². The summed E-state index contributed by atoms with van der Waals surface area (Å²) in [5.74, 6) is 0.254. The van der Waals surface area contributed by atoms with Gasteiger partial charge in [0.05, 0.1) is 6.54 Å². The third-order valence-electron chi connectivity index (χ3n) is 2.12. The number of rotatable bonds is 5. The Balaban J connectivity index is 4.25. The number of hydrogen-bond donors (Lipinski definition) is 1. The van der Waals surface area contributed by atoms with Crippen molar-refractivity contribution in [1.29, 1.82) is 0 Å². The molecule has 1 unspecified atom stereocenters. The zero-order chi connectivity index (χ0) is 13.5. The van der Waals surface area contributed by atoms with Crippen molar-refractivity contribution >= 4 is 12.2 Å². The van der Waals surface area contributed by atoms with E-state index >= 15 is 0 Å². The second-order valence-electron chi connectivity index (χ2n) is 5.26. The fraction of sp³-hybridized carbons (Fsp3) is 0.833. The van der Waals surface area contributed by atoms with Crippen LogP contribution in [0.2, 0.25) is 0 Å². The summed E-state index contributed by atoms with van der Waals surface area (Å²) in [6.45, 7) is 9.79. The molecule has 0 saturated heterocycles. The predicted molar refractivity (Wildman–Crippen MR) is 65.6 cm³/mol. The van der Waals surface area contributed by atoms with Gasteiger partial charge in [-0.3, -0.25) is 0 Å². The van der Waals surface area contributed by atoms with Crippen LogP contribution in [0.1, 0.15) is 41.0 Å². The lowest BCUT2D eigenvalue weighted by Gasteiger charge is -2.25. The van der Waals surface area contributed by atoms with Crippen molar-refractivity contribution in [2.45, 2.75) is 52.7 Å². The Kier molecular flexibility index (Phi) is 6.51. The topological polar surface area (TPSA) is 67.8 Å². The van der Waals surface area contributed by atoms with E-state index in [1.54, 1.807) is 0 Å². The van der Waals surface area contributed by atoms with Crippen LogP contribution in [0.5, 0.6) is 0 Å². The number of hydrogen-bond acceptors (Lipinski definition) is 4. The molecule has 0 aromatic rings. The van der Waals surface area contributed by atoms with Crippen LogP contribution in [-0.2, 0) is 9.53 Å². The van der Waals surface area contributed by atoms with Crippen LogP contribution in [0.4, 0.5) is 4.79 Å². The minimum absolute atomic E-state index is 0.0538. The molecule has 0 aliphatic carbocycles. The van der Waals surface area contributed by atoms with E-state index < -0.39 is 11.7 Å². The Labute approximate surface area is 103 Å². The molecule has 5 nitrogen and oxygen atoms in total. The SMILES string of the molecule is CC(C)C(CCN=C=O)NC(=O)OC(C)(C)C. The van der Waals surface area contributed by atoms with Crippen molar-refractivity contribution in [3.05, 3.63) is 0 Å². The second kappa shape index (κ2) is 7.07. The molecule has 1 amide bonds. The number of isocyanates is 1. The van der Waals surface area contributed by atoms with Gasteiger partial charge in [0.2, 0.25) is 6.08 Å². The zero-order valence-corrected chi connectivity index (χ0v) is 11.2. The Morgan fingerprint density at radius 2 is 2.00 bits per heavy atom. The highest BCUT2D eigenvalue weighted by molar-refractivity contribution is 5.68. The number of carbonyl (C=O) groups is 1. The van der Waals surface area contributed by atoms with Gasteiger partial charge in [0.15, 0.2) is 0 Å². The van der Waals surface area contributed by atoms with Crippen molar-refractivity contribution in [2.75, 3.05) is 6.54 Å². The fourth-order valence-corrected chi connectivity index (χ4v) is 1.28. The van der Waals surface area contributed by atoms with E-state index in [-0.39, 0.29) is 12.0 Å². The summed E-state index contributed by atoms with van der Waals surface area (Å²) in [6.07, 6.45) is 1.65. The molecule has 0 bridgehead atoms. The Bertz CT molecular complexity index is 289. The Morgan fingerprint density at radius 3 is 2.41 bits per heavy atom. The molecule has 0 aliphatic heterocycles. The van der Waals surface area contributed by atoms with E-state index in [9.17, 15) is 9.59 Å². The number of aliphatic imine (C=N–C) groups is 1. The average Bonchev–Trinajstić information content (AvgIpc) is 2.13. The van der Waals surface area contributed by atoms with E-state index in [2.05, 4.69) is 10.3 Å². The number of nitrogens with one attached hydrogen (secondary N) is 1. The average molecular weight is 242 g/mol. The molecular weight excluding hydrogens is 220 g/mol. The standard InChI is InChI=1S/C12H22N2O3/c1-9(2)10(6-7-13-8-15)14-11(16)17-12(3,4)5/h9-10H,6-7H2,1-5H3,(H,14,16). The molecule has 1 atom stereocenters. The molecule has 17 heavy (non-hydrogen) atoms. The maximum absolute atomic E-state index is 11.6. The normalized spacial score (nSPS) is 12.8. The third-order valence-corrected chi connectivity index (χ3v) is 2.12. The molecule has 0 saturated carbocycles. The molecule has 0 spiro atoms. The maximum Gasteiger partial charge on any atom is 0.407 e. The first-order valence-electron chi connectivity index (χ1n) is 5.79. The third kappa shape index (κ3) is 8.46. The van der Waals surface area contributed by atoms with Gasteiger partial charge in [0, 0.05) is 6.04 Å². The first-order chi connectivity index (χ1) is 7.76. The van der Waals surface area contributed by atoms with Crippen molar-refractivity contribution in [2.24, 2.45) is 10.9 Å². The van der Waals surface area contributed by atoms with Crippen LogP contribution in [0.25, 0.3) is 0 Å². The van der Waals surface area contributed by atoms with Gasteiger partial charge in [-0.05, 0) is 33.1 Å². The van der Waals surface area contributed by atoms with Crippen LogP contribution < -0.4 is 5.32 Å². The first-order valence-corrected chi connectivity index (χ1v) is 5.79. The smallest absolute Gasteiger partial charge is 0.407 e. The number of alkyl carbamates (subject to hydrolysis) is 1. The number of nitrogens with zero attached hydrogens (tertiary/aromatic N) is 1.